The van der Waals surface area contributed by atoms with Gasteiger partial charge in [-0.25, -0.2) is 0 Å². The third kappa shape index (κ3) is 3.28. The fourth-order valence-corrected chi connectivity index (χ4v) is 3.00. The highest BCUT2D eigenvalue weighted by molar-refractivity contribution is 4.98. The molecular weight excluding hydrogens is 296 g/mol. The minimum atomic E-state index is -1.29. The van der Waals surface area contributed by atoms with Gasteiger partial charge in [-0.15, -0.1) is 0 Å². The van der Waals surface area contributed by atoms with Gasteiger partial charge in [0.15, 0.2) is 6.29 Å². The van der Waals surface area contributed by atoms with E-state index in [1.165, 1.54) is 0 Å². The monoisotopic (exact) mass is 322 g/mol. The van der Waals surface area contributed by atoms with Gasteiger partial charge in [0.05, 0.1) is 18.8 Å². The summed E-state index contributed by atoms with van der Waals surface area (Å²) in [5, 5.41) is 48.9. The van der Waals surface area contributed by atoms with Crippen molar-refractivity contribution in [3.63, 3.8) is 0 Å². The van der Waals surface area contributed by atoms with Crippen molar-refractivity contribution >= 4 is 0 Å². The standard InChI is InChI=1S/C13H26N2O7/c1-4-8(17)10(19)7(3-16)21-13(4)22-12-6(15)2-5(14)9(18)11(12)20/h4-13,16-20H,2-3,14-15H2,1H3. The molecule has 10 atom stereocenters. The molecule has 2 rings (SSSR count). The Morgan fingerprint density at radius 3 is 2.23 bits per heavy atom. The van der Waals surface area contributed by atoms with Crippen molar-refractivity contribution in [2.75, 3.05) is 6.61 Å². The highest BCUT2D eigenvalue weighted by Gasteiger charge is 2.47. The van der Waals surface area contributed by atoms with Gasteiger partial charge in [-0.3, -0.25) is 0 Å². The molecule has 0 aromatic rings. The summed E-state index contributed by atoms with van der Waals surface area (Å²) in [6.45, 7) is 1.12. The zero-order chi connectivity index (χ0) is 16.6. The molecule has 2 fully saturated rings. The first-order valence-electron chi connectivity index (χ1n) is 7.43. The molecule has 2 aliphatic rings. The highest BCUT2D eigenvalue weighted by atomic mass is 16.7. The Labute approximate surface area is 128 Å². The van der Waals surface area contributed by atoms with Crippen LogP contribution in [-0.2, 0) is 9.47 Å². The quantitative estimate of drug-likeness (QED) is 0.275. The largest absolute Gasteiger partial charge is 0.394 e. The SMILES string of the molecule is CC1C(OC2C(N)CC(N)C(O)C2O)OC(CO)C(O)C1O. The van der Waals surface area contributed by atoms with Crippen molar-refractivity contribution in [3.05, 3.63) is 0 Å². The molecule has 130 valence electrons. The summed E-state index contributed by atoms with van der Waals surface area (Å²) in [4.78, 5) is 0. The lowest BCUT2D eigenvalue weighted by atomic mass is 9.84. The van der Waals surface area contributed by atoms with E-state index in [2.05, 4.69) is 0 Å². The van der Waals surface area contributed by atoms with Gasteiger partial charge < -0.3 is 46.5 Å². The van der Waals surface area contributed by atoms with Crippen molar-refractivity contribution in [1.29, 1.82) is 0 Å². The van der Waals surface area contributed by atoms with E-state index in [9.17, 15) is 25.5 Å². The van der Waals surface area contributed by atoms with Crippen LogP contribution in [-0.4, -0.2) is 87.1 Å². The number of hydrogen-bond acceptors (Lipinski definition) is 9. The zero-order valence-electron chi connectivity index (χ0n) is 12.4. The molecular formula is C13H26N2O7. The molecule has 0 bridgehead atoms. The smallest absolute Gasteiger partial charge is 0.163 e. The topological polar surface area (TPSA) is 172 Å². The molecule has 1 heterocycles. The molecule has 9 N–H and O–H groups in total. The van der Waals surface area contributed by atoms with Gasteiger partial charge in [0.1, 0.15) is 24.4 Å². The van der Waals surface area contributed by atoms with Gasteiger partial charge in [-0.1, -0.05) is 6.92 Å². The fraction of sp³-hybridized carbons (Fsp3) is 1.00. The molecule has 1 aliphatic carbocycles. The van der Waals surface area contributed by atoms with Gasteiger partial charge in [0.2, 0.25) is 0 Å². The lowest BCUT2D eigenvalue weighted by Gasteiger charge is -2.45. The Morgan fingerprint density at radius 2 is 1.64 bits per heavy atom. The van der Waals surface area contributed by atoms with E-state index >= 15 is 0 Å². The van der Waals surface area contributed by atoms with Crippen LogP contribution in [0.25, 0.3) is 0 Å². The average Bonchev–Trinajstić information content (AvgIpc) is 2.49. The van der Waals surface area contributed by atoms with Gasteiger partial charge in [-0.2, -0.15) is 0 Å². The number of nitrogens with two attached hydrogens (primary N) is 2. The third-order valence-electron chi connectivity index (χ3n) is 4.57. The third-order valence-corrected chi connectivity index (χ3v) is 4.57. The fourth-order valence-electron chi connectivity index (χ4n) is 3.00. The normalized spacial score (nSPS) is 53.5. The Bertz CT molecular complexity index is 372. The minimum absolute atomic E-state index is 0.263. The molecule has 1 saturated carbocycles. The predicted octanol–water partition coefficient (Wildman–Crippen LogP) is -3.77. The molecule has 0 amide bonds. The lowest BCUT2D eigenvalue weighted by molar-refractivity contribution is -0.308. The summed E-state index contributed by atoms with van der Waals surface area (Å²) in [5.74, 6) is -0.607. The number of aliphatic hydroxyl groups is 5. The van der Waals surface area contributed by atoms with Crippen molar-refractivity contribution < 1.29 is 35.0 Å². The second-order valence-electron chi connectivity index (χ2n) is 6.21. The maximum atomic E-state index is 10.1. The first-order valence-corrected chi connectivity index (χ1v) is 7.43. The predicted molar refractivity (Wildman–Crippen MR) is 74.4 cm³/mol. The van der Waals surface area contributed by atoms with E-state index < -0.39 is 67.5 Å². The van der Waals surface area contributed by atoms with Crippen molar-refractivity contribution in [3.8, 4) is 0 Å². The van der Waals surface area contributed by atoms with Gasteiger partial charge in [0.25, 0.3) is 0 Å². The van der Waals surface area contributed by atoms with Crippen LogP contribution >= 0.6 is 0 Å². The number of aliphatic hydroxyl groups excluding tert-OH is 5. The molecule has 0 spiro atoms. The second kappa shape index (κ2) is 7.04. The number of ether oxygens (including phenoxy) is 2. The van der Waals surface area contributed by atoms with Crippen LogP contribution in [0.4, 0.5) is 0 Å². The molecule has 0 aromatic carbocycles. The summed E-state index contributed by atoms with van der Waals surface area (Å²) in [6, 6.07) is -1.26. The average molecular weight is 322 g/mol. The summed E-state index contributed by atoms with van der Waals surface area (Å²) in [5.41, 5.74) is 11.6. The Kier molecular flexibility index (Phi) is 5.75. The van der Waals surface area contributed by atoms with E-state index in [-0.39, 0.29) is 6.42 Å². The Balaban J connectivity index is 2.08. The van der Waals surface area contributed by atoms with E-state index in [1.807, 2.05) is 0 Å². The van der Waals surface area contributed by atoms with Crippen molar-refractivity contribution in [2.45, 2.75) is 68.3 Å². The highest BCUT2D eigenvalue weighted by Crippen LogP contribution is 2.30. The first kappa shape index (κ1) is 18.0. The molecule has 9 nitrogen and oxygen atoms in total. The van der Waals surface area contributed by atoms with Crippen LogP contribution in [0.3, 0.4) is 0 Å². The molecule has 10 unspecified atom stereocenters. The summed E-state index contributed by atoms with van der Waals surface area (Å²) in [7, 11) is 0. The Morgan fingerprint density at radius 1 is 1.00 bits per heavy atom. The Hall–Kier alpha value is -0.360. The van der Waals surface area contributed by atoms with Crippen LogP contribution in [0.1, 0.15) is 13.3 Å². The summed E-state index contributed by atoms with van der Waals surface area (Å²) >= 11 is 0. The summed E-state index contributed by atoms with van der Waals surface area (Å²) < 4.78 is 11.1. The zero-order valence-corrected chi connectivity index (χ0v) is 12.4. The van der Waals surface area contributed by atoms with Gasteiger partial charge in [-0.05, 0) is 6.42 Å². The molecule has 0 radical (unpaired) electrons. The summed E-state index contributed by atoms with van der Waals surface area (Å²) in [6.07, 6.45) is -7.49. The van der Waals surface area contributed by atoms with Crippen LogP contribution in [0.15, 0.2) is 0 Å². The maximum Gasteiger partial charge on any atom is 0.163 e. The lowest BCUT2D eigenvalue weighted by Crippen LogP contribution is -2.64. The van der Waals surface area contributed by atoms with Gasteiger partial charge in [0, 0.05) is 18.0 Å². The first-order chi connectivity index (χ1) is 10.3. The van der Waals surface area contributed by atoms with E-state index in [1.54, 1.807) is 6.92 Å². The maximum absolute atomic E-state index is 10.1. The molecule has 22 heavy (non-hydrogen) atoms. The number of rotatable bonds is 3. The van der Waals surface area contributed by atoms with Crippen molar-refractivity contribution in [1.82, 2.24) is 0 Å². The number of hydrogen-bond donors (Lipinski definition) is 7. The molecule has 0 aromatic heterocycles. The minimum Gasteiger partial charge on any atom is -0.394 e. The van der Waals surface area contributed by atoms with Crippen LogP contribution in [0, 0.1) is 5.92 Å². The van der Waals surface area contributed by atoms with Crippen molar-refractivity contribution in [2.24, 2.45) is 17.4 Å². The van der Waals surface area contributed by atoms with E-state index in [4.69, 9.17) is 20.9 Å². The van der Waals surface area contributed by atoms with E-state index in [0.717, 1.165) is 0 Å². The van der Waals surface area contributed by atoms with Crippen LogP contribution in [0.5, 0.6) is 0 Å². The second-order valence-corrected chi connectivity index (χ2v) is 6.21. The van der Waals surface area contributed by atoms with E-state index in [0.29, 0.717) is 0 Å². The molecule has 9 heteroatoms. The van der Waals surface area contributed by atoms with Gasteiger partial charge >= 0.3 is 0 Å². The van der Waals surface area contributed by atoms with Crippen LogP contribution < -0.4 is 11.5 Å². The molecule has 1 saturated heterocycles. The molecule has 1 aliphatic heterocycles. The van der Waals surface area contributed by atoms with Crippen LogP contribution in [0.2, 0.25) is 0 Å².